The fourth-order valence-corrected chi connectivity index (χ4v) is 1.98. The Balaban J connectivity index is 3.11. The van der Waals surface area contributed by atoms with Gasteiger partial charge in [0, 0.05) is 17.5 Å². The topological polar surface area (TPSA) is 69.4 Å². The number of nitrogen functional groups attached to an aromatic ring is 1. The van der Waals surface area contributed by atoms with E-state index in [9.17, 15) is 8.42 Å². The second kappa shape index (κ2) is 3.88. The lowest BCUT2D eigenvalue weighted by atomic mass is 10.2. The largest absolute Gasteiger partial charge is 0.496 e. The zero-order valence-electron chi connectivity index (χ0n) is 8.15. The molecule has 0 aliphatic heterocycles. The Bertz CT molecular complexity index is 426. The van der Waals surface area contributed by atoms with Crippen molar-refractivity contribution in [3.05, 3.63) is 23.8 Å². The van der Waals surface area contributed by atoms with Crippen molar-refractivity contribution >= 4 is 15.5 Å². The summed E-state index contributed by atoms with van der Waals surface area (Å²) in [5.74, 6) is 0.492. The van der Waals surface area contributed by atoms with Crippen LogP contribution in [0.4, 0.5) is 5.69 Å². The van der Waals surface area contributed by atoms with Gasteiger partial charge >= 0.3 is 0 Å². The van der Waals surface area contributed by atoms with E-state index in [0.29, 0.717) is 17.0 Å². The molecule has 0 bridgehead atoms. The van der Waals surface area contributed by atoms with Gasteiger partial charge in [0.25, 0.3) is 0 Å². The highest BCUT2D eigenvalue weighted by Gasteiger charge is 2.09. The van der Waals surface area contributed by atoms with Gasteiger partial charge in [0.15, 0.2) is 9.84 Å². The van der Waals surface area contributed by atoms with Gasteiger partial charge in [0.2, 0.25) is 0 Å². The van der Waals surface area contributed by atoms with Crippen molar-refractivity contribution in [2.45, 2.75) is 5.75 Å². The van der Waals surface area contributed by atoms with Crippen molar-refractivity contribution in [3.63, 3.8) is 0 Å². The van der Waals surface area contributed by atoms with Gasteiger partial charge < -0.3 is 10.5 Å². The molecule has 4 nitrogen and oxygen atoms in total. The summed E-state index contributed by atoms with van der Waals surface area (Å²) in [6.07, 6.45) is 1.18. The lowest BCUT2D eigenvalue weighted by Crippen LogP contribution is -2.03. The van der Waals surface area contributed by atoms with E-state index in [1.165, 1.54) is 13.4 Å². The molecular formula is C9H13NO3S. The van der Waals surface area contributed by atoms with Gasteiger partial charge in [-0.25, -0.2) is 8.42 Å². The molecule has 78 valence electrons. The Kier molecular flexibility index (Phi) is 3.00. The fourth-order valence-electron chi connectivity index (χ4n) is 1.19. The number of benzene rings is 1. The molecule has 0 aromatic heterocycles. The zero-order chi connectivity index (χ0) is 10.8. The third-order valence-electron chi connectivity index (χ3n) is 1.72. The highest BCUT2D eigenvalue weighted by molar-refractivity contribution is 7.89. The van der Waals surface area contributed by atoms with Gasteiger partial charge in [-0.3, -0.25) is 0 Å². The van der Waals surface area contributed by atoms with E-state index >= 15 is 0 Å². The maximum absolute atomic E-state index is 11.1. The average Bonchev–Trinajstić information content (AvgIpc) is 2.01. The van der Waals surface area contributed by atoms with Crippen LogP contribution in [0.5, 0.6) is 5.75 Å². The molecule has 0 aliphatic rings. The first-order chi connectivity index (χ1) is 6.42. The SMILES string of the molecule is COc1ccc(N)cc1CS(C)(=O)=O. The summed E-state index contributed by atoms with van der Waals surface area (Å²) in [5, 5.41) is 0. The lowest BCUT2D eigenvalue weighted by molar-refractivity contribution is 0.411. The third-order valence-corrected chi connectivity index (χ3v) is 2.56. The molecule has 2 N–H and O–H groups in total. The van der Waals surface area contributed by atoms with Crippen molar-refractivity contribution in [1.82, 2.24) is 0 Å². The van der Waals surface area contributed by atoms with Crippen molar-refractivity contribution in [2.24, 2.45) is 0 Å². The number of nitrogens with two attached hydrogens (primary N) is 1. The molecule has 0 amide bonds. The monoisotopic (exact) mass is 215 g/mol. The summed E-state index contributed by atoms with van der Waals surface area (Å²) in [4.78, 5) is 0. The van der Waals surface area contributed by atoms with E-state index in [0.717, 1.165) is 0 Å². The molecule has 0 spiro atoms. The summed E-state index contributed by atoms with van der Waals surface area (Å²) in [7, 11) is -1.56. The van der Waals surface area contributed by atoms with Gasteiger partial charge in [-0.15, -0.1) is 0 Å². The summed E-state index contributed by atoms with van der Waals surface area (Å²) in [5.41, 5.74) is 6.68. The lowest BCUT2D eigenvalue weighted by Gasteiger charge is -2.07. The Hall–Kier alpha value is -1.23. The normalized spacial score (nSPS) is 11.3. The third kappa shape index (κ3) is 2.92. The molecule has 0 saturated carbocycles. The first-order valence-electron chi connectivity index (χ1n) is 4.02. The molecule has 0 heterocycles. The van der Waals surface area contributed by atoms with Crippen LogP contribution >= 0.6 is 0 Å². The van der Waals surface area contributed by atoms with Crippen LogP contribution in [0.2, 0.25) is 0 Å². The number of sulfone groups is 1. The van der Waals surface area contributed by atoms with E-state index in [2.05, 4.69) is 0 Å². The Morgan fingerprint density at radius 1 is 1.43 bits per heavy atom. The molecule has 1 rings (SSSR count). The minimum Gasteiger partial charge on any atom is -0.496 e. The van der Waals surface area contributed by atoms with Gasteiger partial charge in [-0.2, -0.15) is 0 Å². The summed E-state index contributed by atoms with van der Waals surface area (Å²) < 4.78 is 27.2. The molecular weight excluding hydrogens is 202 g/mol. The minimum atomic E-state index is -3.06. The molecule has 0 saturated heterocycles. The van der Waals surface area contributed by atoms with Crippen LogP contribution in [0.3, 0.4) is 0 Å². The molecule has 1 aromatic carbocycles. The van der Waals surface area contributed by atoms with Gasteiger partial charge in [0.05, 0.1) is 12.9 Å². The van der Waals surface area contributed by atoms with Crippen LogP contribution < -0.4 is 10.5 Å². The van der Waals surface area contributed by atoms with Crippen molar-refractivity contribution in [2.75, 3.05) is 19.1 Å². The molecule has 0 fully saturated rings. The number of rotatable bonds is 3. The second-order valence-corrected chi connectivity index (χ2v) is 5.28. The molecule has 1 aromatic rings. The molecule has 0 aliphatic carbocycles. The number of hydrogen-bond donors (Lipinski definition) is 1. The van der Waals surface area contributed by atoms with E-state index in [-0.39, 0.29) is 5.75 Å². The van der Waals surface area contributed by atoms with E-state index in [4.69, 9.17) is 10.5 Å². The maximum atomic E-state index is 11.1. The standard InChI is InChI=1S/C9H13NO3S/c1-13-9-4-3-8(10)5-7(9)6-14(2,11)12/h3-5H,6,10H2,1-2H3. The van der Waals surface area contributed by atoms with Crippen LogP contribution in [-0.4, -0.2) is 21.8 Å². The predicted molar refractivity (Wildman–Crippen MR) is 56.0 cm³/mol. The van der Waals surface area contributed by atoms with Crippen LogP contribution in [-0.2, 0) is 15.6 Å². The summed E-state index contributed by atoms with van der Waals surface area (Å²) in [6.45, 7) is 0. The number of anilines is 1. The molecule has 0 atom stereocenters. The van der Waals surface area contributed by atoms with Crippen LogP contribution in [0.15, 0.2) is 18.2 Å². The zero-order valence-corrected chi connectivity index (χ0v) is 8.97. The van der Waals surface area contributed by atoms with E-state index < -0.39 is 9.84 Å². The summed E-state index contributed by atoms with van der Waals surface area (Å²) >= 11 is 0. The van der Waals surface area contributed by atoms with Crippen molar-refractivity contribution in [3.8, 4) is 5.75 Å². The second-order valence-electron chi connectivity index (χ2n) is 3.14. The van der Waals surface area contributed by atoms with Gasteiger partial charge in [-0.1, -0.05) is 0 Å². The van der Waals surface area contributed by atoms with Crippen molar-refractivity contribution < 1.29 is 13.2 Å². The van der Waals surface area contributed by atoms with Gasteiger partial charge in [-0.05, 0) is 18.2 Å². The Labute approximate surface area is 83.6 Å². The van der Waals surface area contributed by atoms with Gasteiger partial charge in [0.1, 0.15) is 5.75 Å². The van der Waals surface area contributed by atoms with Crippen LogP contribution in [0.1, 0.15) is 5.56 Å². The van der Waals surface area contributed by atoms with Crippen LogP contribution in [0.25, 0.3) is 0 Å². The summed E-state index contributed by atoms with van der Waals surface area (Å²) in [6, 6.07) is 4.94. The maximum Gasteiger partial charge on any atom is 0.151 e. The van der Waals surface area contributed by atoms with Crippen molar-refractivity contribution in [1.29, 1.82) is 0 Å². The minimum absolute atomic E-state index is 0.0544. The highest BCUT2D eigenvalue weighted by Crippen LogP contribution is 2.22. The number of ether oxygens (including phenoxy) is 1. The first kappa shape index (κ1) is 10.8. The van der Waals surface area contributed by atoms with E-state index in [1.807, 2.05) is 0 Å². The fraction of sp³-hybridized carbons (Fsp3) is 0.333. The number of methoxy groups -OCH3 is 1. The predicted octanol–water partition coefficient (Wildman–Crippen LogP) is 0.822. The first-order valence-corrected chi connectivity index (χ1v) is 6.08. The number of hydrogen-bond acceptors (Lipinski definition) is 4. The highest BCUT2D eigenvalue weighted by atomic mass is 32.2. The van der Waals surface area contributed by atoms with Crippen LogP contribution in [0, 0.1) is 0 Å². The molecule has 0 radical (unpaired) electrons. The Morgan fingerprint density at radius 2 is 2.07 bits per heavy atom. The quantitative estimate of drug-likeness (QED) is 0.758. The Morgan fingerprint density at radius 3 is 2.57 bits per heavy atom. The molecule has 5 heteroatoms. The van der Waals surface area contributed by atoms with E-state index in [1.54, 1.807) is 18.2 Å². The molecule has 14 heavy (non-hydrogen) atoms. The molecule has 0 unspecified atom stereocenters. The smallest absolute Gasteiger partial charge is 0.151 e. The average molecular weight is 215 g/mol.